The molecule has 0 radical (unpaired) electrons. The van der Waals surface area contributed by atoms with Crippen molar-refractivity contribution in [1.29, 1.82) is 0 Å². The highest BCUT2D eigenvalue weighted by Gasteiger charge is 2.37. The van der Waals surface area contributed by atoms with E-state index in [4.69, 9.17) is 9.16 Å². The molecule has 4 aromatic rings. The van der Waals surface area contributed by atoms with Crippen LogP contribution in [0.25, 0.3) is 16.5 Å². The van der Waals surface area contributed by atoms with Gasteiger partial charge in [0.1, 0.15) is 5.75 Å². The van der Waals surface area contributed by atoms with Crippen LogP contribution in [0.3, 0.4) is 0 Å². The SMILES string of the molecule is C=CCN(C(=O)CC(=C=C(C)CO[Si](C)(C)C(C)(C)C)c1ccc2ccn(S(=O)(=O)c3ccc(C)cc3)c2c1)S(=O)(=O)c1ccc(OC)cc1. The number of nitrogens with zero attached hydrogens (tertiary/aromatic N) is 2. The molecule has 0 spiro atoms. The Morgan fingerprint density at radius 2 is 1.58 bits per heavy atom. The quantitative estimate of drug-likeness (QED) is 0.0779. The van der Waals surface area contributed by atoms with E-state index < -0.39 is 34.3 Å². The summed E-state index contributed by atoms with van der Waals surface area (Å²) in [6.07, 6.45) is 2.50. The molecule has 3 aromatic carbocycles. The maximum absolute atomic E-state index is 14.0. The summed E-state index contributed by atoms with van der Waals surface area (Å²) in [6.45, 7) is 18.1. The number of fused-ring (bicyclic) bond motifs is 1. The lowest BCUT2D eigenvalue weighted by molar-refractivity contribution is -0.125. The average Bonchev–Trinajstić information content (AvgIpc) is 3.50. The second kappa shape index (κ2) is 15.0. The Hall–Kier alpha value is -4.19. The van der Waals surface area contributed by atoms with E-state index in [9.17, 15) is 21.6 Å². The first-order valence-corrected chi connectivity index (χ1v) is 21.9. The van der Waals surface area contributed by atoms with Gasteiger partial charge in [0.2, 0.25) is 5.91 Å². The highest BCUT2D eigenvalue weighted by atomic mass is 32.2. The maximum Gasteiger partial charge on any atom is 0.268 e. The predicted molar refractivity (Wildman–Crippen MR) is 202 cm³/mol. The van der Waals surface area contributed by atoms with Crippen LogP contribution in [0.1, 0.15) is 45.2 Å². The van der Waals surface area contributed by atoms with E-state index in [-0.39, 0.29) is 34.4 Å². The first kappa shape index (κ1) is 38.6. The first-order valence-electron chi connectivity index (χ1n) is 16.2. The molecule has 1 heterocycles. The van der Waals surface area contributed by atoms with Gasteiger partial charge in [0.25, 0.3) is 20.0 Å². The monoisotopic (exact) mass is 734 g/mol. The number of ether oxygens (including phenoxy) is 1. The molecule has 0 fully saturated rings. The van der Waals surface area contributed by atoms with Crippen LogP contribution in [0, 0.1) is 6.92 Å². The van der Waals surface area contributed by atoms with Crippen LogP contribution in [-0.2, 0) is 29.3 Å². The number of sulfonamides is 1. The number of rotatable bonds is 13. The summed E-state index contributed by atoms with van der Waals surface area (Å²) in [5, 5.41) is 0.642. The topological polar surface area (TPSA) is 112 Å². The van der Waals surface area contributed by atoms with Crippen molar-refractivity contribution in [3.8, 4) is 5.75 Å². The Balaban J connectivity index is 1.84. The van der Waals surface area contributed by atoms with E-state index in [1.165, 1.54) is 47.6 Å². The molecule has 0 bridgehead atoms. The fourth-order valence-electron chi connectivity index (χ4n) is 4.91. The molecule has 1 amide bonds. The van der Waals surface area contributed by atoms with Gasteiger partial charge in [-0.25, -0.2) is 25.1 Å². The standard InChI is InChI=1S/C38H46N2O7S2Si/c1-10-22-40(49(44,45)35-19-15-33(46-7)16-20-35)37(41)26-32(24-29(3)27-47-50(8,9)38(4,5)6)31-14-13-30-21-23-39(36(30)25-31)48(42,43)34-17-11-28(2)12-18-34/h10-21,23,25H,1,22,26-27H2,2-9H3. The van der Waals surface area contributed by atoms with Crippen molar-refractivity contribution < 1.29 is 30.8 Å². The van der Waals surface area contributed by atoms with Crippen molar-refractivity contribution in [3.05, 3.63) is 114 Å². The highest BCUT2D eigenvalue weighted by Crippen LogP contribution is 2.37. The summed E-state index contributed by atoms with van der Waals surface area (Å²) in [5.74, 6) is -0.232. The van der Waals surface area contributed by atoms with Crippen molar-refractivity contribution in [2.75, 3.05) is 20.3 Å². The van der Waals surface area contributed by atoms with Crippen LogP contribution in [0.4, 0.5) is 0 Å². The Morgan fingerprint density at radius 1 is 0.960 bits per heavy atom. The van der Waals surface area contributed by atoms with Gasteiger partial charge >= 0.3 is 0 Å². The minimum absolute atomic E-state index is 0.0316. The van der Waals surface area contributed by atoms with Crippen molar-refractivity contribution in [1.82, 2.24) is 8.28 Å². The number of amides is 1. The molecule has 0 N–H and O–H groups in total. The minimum atomic E-state index is -4.27. The van der Waals surface area contributed by atoms with E-state index in [0.717, 1.165) is 9.87 Å². The van der Waals surface area contributed by atoms with Gasteiger partial charge < -0.3 is 9.16 Å². The van der Waals surface area contributed by atoms with Crippen LogP contribution in [-0.4, -0.2) is 59.6 Å². The zero-order chi connectivity index (χ0) is 37.1. The number of hydrogen-bond donors (Lipinski definition) is 0. The van der Waals surface area contributed by atoms with E-state index in [2.05, 4.69) is 46.2 Å². The summed E-state index contributed by atoms with van der Waals surface area (Å²) in [7, 11) is -8.88. The molecule has 0 atom stereocenters. The molecule has 50 heavy (non-hydrogen) atoms. The second-order valence-electron chi connectivity index (χ2n) is 13.7. The van der Waals surface area contributed by atoms with Gasteiger partial charge in [0, 0.05) is 17.2 Å². The highest BCUT2D eigenvalue weighted by molar-refractivity contribution is 7.90. The summed E-state index contributed by atoms with van der Waals surface area (Å²) < 4.78 is 68.6. The number of aryl methyl sites for hydroxylation is 1. The van der Waals surface area contributed by atoms with E-state index >= 15 is 0 Å². The van der Waals surface area contributed by atoms with Gasteiger partial charge in [-0.05, 0) is 91.6 Å². The molecule has 9 nitrogen and oxygen atoms in total. The first-order chi connectivity index (χ1) is 23.3. The maximum atomic E-state index is 14.0. The lowest BCUT2D eigenvalue weighted by Crippen LogP contribution is -2.41. The van der Waals surface area contributed by atoms with Crippen molar-refractivity contribution >= 4 is 50.7 Å². The number of methoxy groups -OCH3 is 1. The molecule has 0 aliphatic heterocycles. The van der Waals surface area contributed by atoms with E-state index in [1.54, 1.807) is 48.5 Å². The van der Waals surface area contributed by atoms with E-state index in [0.29, 0.717) is 33.4 Å². The van der Waals surface area contributed by atoms with Crippen molar-refractivity contribution in [2.45, 2.75) is 69.0 Å². The van der Waals surface area contributed by atoms with Crippen LogP contribution in [0.5, 0.6) is 5.75 Å². The van der Waals surface area contributed by atoms with Gasteiger partial charge in [-0.15, -0.1) is 12.3 Å². The van der Waals surface area contributed by atoms with Crippen LogP contribution < -0.4 is 4.74 Å². The molecule has 0 unspecified atom stereocenters. The molecule has 266 valence electrons. The third kappa shape index (κ3) is 8.39. The zero-order valence-corrected chi connectivity index (χ0v) is 32.6. The Kier molecular flexibility index (Phi) is 11.6. The number of hydrogen-bond acceptors (Lipinski definition) is 7. The Morgan fingerprint density at radius 3 is 2.16 bits per heavy atom. The molecule has 0 saturated carbocycles. The van der Waals surface area contributed by atoms with Crippen LogP contribution >= 0.6 is 0 Å². The average molecular weight is 735 g/mol. The fourth-order valence-corrected chi connectivity index (χ4v) is 8.63. The Labute approximate surface area is 297 Å². The number of carbonyl (C=O) groups excluding carboxylic acids is 1. The summed E-state index contributed by atoms with van der Waals surface area (Å²) in [4.78, 5) is 14.1. The Bertz CT molecular complexity index is 2170. The van der Waals surface area contributed by atoms with Gasteiger partial charge in [-0.1, -0.05) is 56.7 Å². The van der Waals surface area contributed by atoms with Gasteiger partial charge in [-0.3, -0.25) is 4.79 Å². The largest absolute Gasteiger partial charge is 0.497 e. The summed E-state index contributed by atoms with van der Waals surface area (Å²) in [6, 6.07) is 19.3. The van der Waals surface area contributed by atoms with Crippen LogP contribution in [0.15, 0.2) is 113 Å². The van der Waals surface area contributed by atoms with Gasteiger partial charge in [0.05, 0.1) is 42.0 Å². The second-order valence-corrected chi connectivity index (χ2v) is 22.2. The van der Waals surface area contributed by atoms with E-state index in [1.807, 2.05) is 13.8 Å². The molecule has 1 aromatic heterocycles. The third-order valence-corrected chi connectivity index (χ3v) is 16.9. The minimum Gasteiger partial charge on any atom is -0.497 e. The summed E-state index contributed by atoms with van der Waals surface area (Å²) >= 11 is 0. The number of aromatic nitrogens is 1. The predicted octanol–water partition coefficient (Wildman–Crippen LogP) is 7.94. The van der Waals surface area contributed by atoms with Gasteiger partial charge in [-0.2, -0.15) is 0 Å². The smallest absolute Gasteiger partial charge is 0.268 e. The third-order valence-electron chi connectivity index (χ3n) is 8.95. The molecule has 12 heteroatoms. The molecule has 0 saturated heterocycles. The molecular weight excluding hydrogens is 689 g/mol. The van der Waals surface area contributed by atoms with Crippen LogP contribution in [0.2, 0.25) is 18.1 Å². The number of carbonyl (C=O) groups is 1. The summed E-state index contributed by atoms with van der Waals surface area (Å²) in [5.41, 5.74) is 6.26. The lowest BCUT2D eigenvalue weighted by Gasteiger charge is -2.36. The van der Waals surface area contributed by atoms with Crippen molar-refractivity contribution in [3.63, 3.8) is 0 Å². The van der Waals surface area contributed by atoms with Gasteiger partial charge in [0.15, 0.2) is 8.32 Å². The molecular formula is C38H46N2O7S2Si. The lowest BCUT2D eigenvalue weighted by atomic mass is 10.0. The fraction of sp³-hybridized carbons (Fsp3) is 0.316. The molecule has 4 rings (SSSR count). The normalized spacial score (nSPS) is 12.3. The number of benzene rings is 3. The zero-order valence-electron chi connectivity index (χ0n) is 30.0. The molecule has 0 aliphatic rings. The van der Waals surface area contributed by atoms with Crippen molar-refractivity contribution in [2.24, 2.45) is 0 Å². The molecule has 0 aliphatic carbocycles.